The van der Waals surface area contributed by atoms with E-state index in [0.717, 1.165) is 37.1 Å². The van der Waals surface area contributed by atoms with Gasteiger partial charge in [0.15, 0.2) is 17.3 Å². The van der Waals surface area contributed by atoms with E-state index in [0.29, 0.717) is 19.0 Å². The van der Waals surface area contributed by atoms with E-state index in [1.54, 1.807) is 0 Å². The molecule has 1 aromatic carbocycles. The Morgan fingerprint density at radius 2 is 2.00 bits per heavy atom. The van der Waals surface area contributed by atoms with E-state index in [4.69, 9.17) is 9.47 Å². The number of rotatable bonds is 4. The molecule has 1 N–H and O–H groups in total. The van der Waals surface area contributed by atoms with E-state index in [-0.39, 0.29) is 11.2 Å². The van der Waals surface area contributed by atoms with Crippen molar-refractivity contribution < 1.29 is 14.3 Å². The first-order chi connectivity index (χ1) is 9.25. The fourth-order valence-electron chi connectivity index (χ4n) is 2.92. The van der Waals surface area contributed by atoms with Gasteiger partial charge in [0.1, 0.15) is 13.2 Å². The van der Waals surface area contributed by atoms with Gasteiger partial charge in [0, 0.05) is 17.5 Å². The molecule has 0 bridgehead atoms. The fraction of sp³-hybridized carbons (Fsp3) is 0.533. The van der Waals surface area contributed by atoms with Crippen LogP contribution in [0.3, 0.4) is 0 Å². The van der Waals surface area contributed by atoms with Gasteiger partial charge in [-0.05, 0) is 38.1 Å². The number of carbonyl (C=O) groups is 1. The summed E-state index contributed by atoms with van der Waals surface area (Å²) in [4.78, 5) is 12.7. The van der Waals surface area contributed by atoms with E-state index in [1.807, 2.05) is 25.2 Å². The number of fused-ring (bicyclic) bond motifs is 1. The maximum atomic E-state index is 12.7. The quantitative estimate of drug-likeness (QED) is 0.842. The topological polar surface area (TPSA) is 47.6 Å². The van der Waals surface area contributed by atoms with Crippen LogP contribution in [-0.2, 0) is 0 Å². The highest BCUT2D eigenvalue weighted by Crippen LogP contribution is 2.44. The fourth-order valence-corrected chi connectivity index (χ4v) is 2.92. The number of Topliss-reactive ketones (excluding diaryl/α,β-unsaturated/α-hetero) is 1. The molecule has 0 aromatic heterocycles. The van der Waals surface area contributed by atoms with Crippen molar-refractivity contribution in [3.63, 3.8) is 0 Å². The summed E-state index contributed by atoms with van der Waals surface area (Å²) in [5.41, 5.74) is 0.526. The molecular formula is C15H19NO3. The van der Waals surface area contributed by atoms with E-state index >= 15 is 0 Å². The van der Waals surface area contributed by atoms with Crippen LogP contribution in [0.4, 0.5) is 0 Å². The second kappa shape index (κ2) is 4.85. The Morgan fingerprint density at radius 1 is 1.26 bits per heavy atom. The predicted molar refractivity (Wildman–Crippen MR) is 72.0 cm³/mol. The van der Waals surface area contributed by atoms with Gasteiger partial charge in [-0.25, -0.2) is 0 Å². The van der Waals surface area contributed by atoms with E-state index in [9.17, 15) is 4.79 Å². The van der Waals surface area contributed by atoms with E-state index in [2.05, 4.69) is 5.32 Å². The molecule has 0 saturated heterocycles. The van der Waals surface area contributed by atoms with Gasteiger partial charge >= 0.3 is 0 Å². The Kier molecular flexibility index (Phi) is 3.19. The summed E-state index contributed by atoms with van der Waals surface area (Å²) >= 11 is 0. The first-order valence-corrected chi connectivity index (χ1v) is 6.84. The lowest BCUT2D eigenvalue weighted by atomic mass is 9.64. The number of hydrogen-bond donors (Lipinski definition) is 1. The summed E-state index contributed by atoms with van der Waals surface area (Å²) in [5, 5.41) is 3.15. The van der Waals surface area contributed by atoms with Crippen molar-refractivity contribution in [2.75, 3.05) is 26.8 Å². The van der Waals surface area contributed by atoms with Crippen LogP contribution in [0.15, 0.2) is 18.2 Å². The summed E-state index contributed by atoms with van der Waals surface area (Å²) in [5.74, 6) is 1.65. The molecule has 0 radical (unpaired) electrons. The van der Waals surface area contributed by atoms with Crippen LogP contribution in [-0.4, -0.2) is 32.6 Å². The average molecular weight is 261 g/mol. The van der Waals surface area contributed by atoms with Gasteiger partial charge in [-0.15, -0.1) is 0 Å². The molecule has 1 saturated carbocycles. The molecule has 1 aromatic rings. The highest BCUT2D eigenvalue weighted by molar-refractivity contribution is 6.01. The zero-order chi connectivity index (χ0) is 13.3. The molecular weight excluding hydrogens is 242 g/mol. The van der Waals surface area contributed by atoms with Crippen LogP contribution in [0.5, 0.6) is 11.5 Å². The van der Waals surface area contributed by atoms with Crippen molar-refractivity contribution >= 4 is 5.78 Å². The standard InChI is InChI=1S/C15H19NO3/c1-16-10-15(5-2-6-15)14(17)11-3-4-12-13(9-11)19-8-7-18-12/h3-4,9,16H,2,5-8,10H2,1H3. The molecule has 0 atom stereocenters. The van der Waals surface area contributed by atoms with Gasteiger partial charge in [0.25, 0.3) is 0 Å². The molecule has 1 aliphatic carbocycles. The maximum Gasteiger partial charge on any atom is 0.170 e. The van der Waals surface area contributed by atoms with Crippen molar-refractivity contribution in [3.05, 3.63) is 23.8 Å². The maximum absolute atomic E-state index is 12.7. The molecule has 0 unspecified atom stereocenters. The molecule has 1 heterocycles. The number of ketones is 1. The highest BCUT2D eigenvalue weighted by atomic mass is 16.6. The molecule has 102 valence electrons. The second-order valence-corrected chi connectivity index (χ2v) is 5.35. The lowest BCUT2D eigenvalue weighted by molar-refractivity contribution is 0.0613. The Balaban J connectivity index is 1.87. The molecule has 3 rings (SSSR count). The van der Waals surface area contributed by atoms with Crippen LogP contribution in [0.2, 0.25) is 0 Å². The summed E-state index contributed by atoms with van der Waals surface area (Å²) in [7, 11) is 1.90. The molecule has 0 spiro atoms. The van der Waals surface area contributed by atoms with Crippen molar-refractivity contribution in [1.29, 1.82) is 0 Å². The minimum Gasteiger partial charge on any atom is -0.486 e. The Hall–Kier alpha value is -1.55. The van der Waals surface area contributed by atoms with Gasteiger partial charge in [0.05, 0.1) is 0 Å². The molecule has 1 fully saturated rings. The predicted octanol–water partition coefficient (Wildman–Crippen LogP) is 2.03. The molecule has 1 aliphatic heterocycles. The molecule has 4 nitrogen and oxygen atoms in total. The summed E-state index contributed by atoms with van der Waals surface area (Å²) < 4.78 is 11.0. The van der Waals surface area contributed by atoms with Crippen LogP contribution in [0, 0.1) is 5.41 Å². The smallest absolute Gasteiger partial charge is 0.170 e. The number of ether oxygens (including phenoxy) is 2. The summed E-state index contributed by atoms with van der Waals surface area (Å²) in [6.45, 7) is 1.87. The van der Waals surface area contributed by atoms with Crippen LogP contribution < -0.4 is 14.8 Å². The molecule has 19 heavy (non-hydrogen) atoms. The lowest BCUT2D eigenvalue weighted by Crippen LogP contribution is -2.45. The van der Waals surface area contributed by atoms with Gasteiger partial charge < -0.3 is 14.8 Å². The average Bonchev–Trinajstić information content (AvgIpc) is 2.41. The second-order valence-electron chi connectivity index (χ2n) is 5.35. The largest absolute Gasteiger partial charge is 0.486 e. The number of carbonyl (C=O) groups excluding carboxylic acids is 1. The lowest BCUT2D eigenvalue weighted by Gasteiger charge is -2.40. The van der Waals surface area contributed by atoms with Crippen molar-refractivity contribution in [1.82, 2.24) is 5.32 Å². The Bertz CT molecular complexity index is 494. The first-order valence-electron chi connectivity index (χ1n) is 6.84. The van der Waals surface area contributed by atoms with Crippen LogP contribution in [0.25, 0.3) is 0 Å². The van der Waals surface area contributed by atoms with Gasteiger partial charge in [-0.3, -0.25) is 4.79 Å². The zero-order valence-electron chi connectivity index (χ0n) is 11.2. The number of hydrogen-bond acceptors (Lipinski definition) is 4. The molecule has 2 aliphatic rings. The SMILES string of the molecule is CNCC1(C(=O)c2ccc3c(c2)OCCO3)CCC1. The Morgan fingerprint density at radius 3 is 2.63 bits per heavy atom. The zero-order valence-corrected chi connectivity index (χ0v) is 11.2. The third-order valence-electron chi connectivity index (χ3n) is 4.11. The summed E-state index contributed by atoms with van der Waals surface area (Å²) in [6.07, 6.45) is 3.08. The van der Waals surface area contributed by atoms with Gasteiger partial charge in [-0.1, -0.05) is 6.42 Å². The van der Waals surface area contributed by atoms with Crippen molar-refractivity contribution in [3.8, 4) is 11.5 Å². The van der Waals surface area contributed by atoms with Gasteiger partial charge in [0.2, 0.25) is 0 Å². The molecule has 0 amide bonds. The normalized spacial score (nSPS) is 19.6. The first kappa shape index (κ1) is 12.5. The van der Waals surface area contributed by atoms with Crippen molar-refractivity contribution in [2.24, 2.45) is 5.41 Å². The van der Waals surface area contributed by atoms with E-state index in [1.165, 1.54) is 0 Å². The van der Waals surface area contributed by atoms with Crippen molar-refractivity contribution in [2.45, 2.75) is 19.3 Å². The minimum atomic E-state index is -0.210. The van der Waals surface area contributed by atoms with Gasteiger partial charge in [-0.2, -0.15) is 0 Å². The molecule has 4 heteroatoms. The highest BCUT2D eigenvalue weighted by Gasteiger charge is 2.43. The van der Waals surface area contributed by atoms with Crippen LogP contribution in [0.1, 0.15) is 29.6 Å². The minimum absolute atomic E-state index is 0.210. The third kappa shape index (κ3) is 2.10. The monoisotopic (exact) mass is 261 g/mol. The van der Waals surface area contributed by atoms with E-state index < -0.39 is 0 Å². The number of benzene rings is 1. The van der Waals surface area contributed by atoms with Crippen LogP contribution >= 0.6 is 0 Å². The number of nitrogens with one attached hydrogen (secondary N) is 1. The third-order valence-corrected chi connectivity index (χ3v) is 4.11. The Labute approximate surface area is 113 Å². The summed E-state index contributed by atoms with van der Waals surface area (Å²) in [6, 6.07) is 5.52.